The zero-order valence-corrected chi connectivity index (χ0v) is 14.9. The first kappa shape index (κ1) is 16.1. The number of nitrogens with zero attached hydrogens (tertiary/aromatic N) is 4. The molecule has 0 saturated heterocycles. The molecule has 0 fully saturated rings. The summed E-state index contributed by atoms with van der Waals surface area (Å²) in [6.07, 6.45) is 3.42. The van der Waals surface area contributed by atoms with E-state index in [1.807, 2.05) is 66.7 Å². The standard InChI is InChI=1S/C22H16N6/c1-4-16(21-26-20-7-2-12-23-22(20)27-21)14-18(5-1)25-17-10-8-15(9-11-17)19-6-3-13-24-28-19/h1-14,25H,(H,23,26,27). The summed E-state index contributed by atoms with van der Waals surface area (Å²) in [5.41, 5.74) is 6.51. The average molecular weight is 364 g/mol. The van der Waals surface area contributed by atoms with Gasteiger partial charge in [0, 0.05) is 34.9 Å². The monoisotopic (exact) mass is 364 g/mol. The van der Waals surface area contributed by atoms with Gasteiger partial charge in [0.1, 0.15) is 5.82 Å². The Balaban J connectivity index is 1.39. The first-order valence-electron chi connectivity index (χ1n) is 8.91. The van der Waals surface area contributed by atoms with Crippen LogP contribution in [0.1, 0.15) is 0 Å². The van der Waals surface area contributed by atoms with Gasteiger partial charge in [-0.2, -0.15) is 10.2 Å². The van der Waals surface area contributed by atoms with Crippen LogP contribution in [0.25, 0.3) is 33.8 Å². The highest BCUT2D eigenvalue weighted by atomic mass is 15.1. The van der Waals surface area contributed by atoms with Crippen molar-refractivity contribution in [2.75, 3.05) is 5.32 Å². The number of hydrogen-bond acceptors (Lipinski definition) is 5. The number of fused-ring (bicyclic) bond motifs is 1. The first-order chi connectivity index (χ1) is 13.8. The summed E-state index contributed by atoms with van der Waals surface area (Å²) in [7, 11) is 0. The van der Waals surface area contributed by atoms with Gasteiger partial charge in [0.2, 0.25) is 0 Å². The van der Waals surface area contributed by atoms with E-state index in [4.69, 9.17) is 0 Å². The minimum absolute atomic E-state index is 0.718. The Hall–Kier alpha value is -4.06. The maximum absolute atomic E-state index is 4.57. The number of pyridine rings is 1. The molecule has 0 unspecified atom stereocenters. The van der Waals surface area contributed by atoms with Crippen LogP contribution in [0.5, 0.6) is 0 Å². The van der Waals surface area contributed by atoms with E-state index in [0.717, 1.165) is 45.2 Å². The molecule has 6 heteroatoms. The number of imidazole rings is 1. The Bertz CT molecular complexity index is 1200. The molecule has 3 heterocycles. The molecule has 2 N–H and O–H groups in total. The third-order valence-corrected chi connectivity index (χ3v) is 4.44. The van der Waals surface area contributed by atoms with Crippen molar-refractivity contribution < 1.29 is 0 Å². The van der Waals surface area contributed by atoms with Crippen LogP contribution in [0.2, 0.25) is 0 Å². The van der Waals surface area contributed by atoms with E-state index in [9.17, 15) is 0 Å². The highest BCUT2D eigenvalue weighted by molar-refractivity contribution is 5.77. The summed E-state index contributed by atoms with van der Waals surface area (Å²) >= 11 is 0. The topological polar surface area (TPSA) is 79.4 Å². The van der Waals surface area contributed by atoms with Crippen LogP contribution >= 0.6 is 0 Å². The molecular formula is C22H16N6. The Morgan fingerprint density at radius 1 is 0.750 bits per heavy atom. The molecule has 134 valence electrons. The minimum Gasteiger partial charge on any atom is -0.356 e. The molecule has 2 aromatic carbocycles. The van der Waals surface area contributed by atoms with E-state index in [2.05, 4.69) is 36.5 Å². The van der Waals surface area contributed by atoms with Crippen molar-refractivity contribution in [3.63, 3.8) is 0 Å². The molecular weight excluding hydrogens is 348 g/mol. The van der Waals surface area contributed by atoms with Crippen molar-refractivity contribution in [1.29, 1.82) is 0 Å². The van der Waals surface area contributed by atoms with Gasteiger partial charge in [-0.3, -0.25) is 0 Å². The Kier molecular flexibility index (Phi) is 3.99. The number of aromatic nitrogens is 5. The summed E-state index contributed by atoms with van der Waals surface area (Å²) in [6, 6.07) is 23.9. The van der Waals surface area contributed by atoms with Crippen molar-refractivity contribution in [2.45, 2.75) is 0 Å². The lowest BCUT2D eigenvalue weighted by Gasteiger charge is -2.08. The summed E-state index contributed by atoms with van der Waals surface area (Å²) in [5, 5.41) is 11.5. The van der Waals surface area contributed by atoms with Crippen molar-refractivity contribution >= 4 is 22.5 Å². The summed E-state index contributed by atoms with van der Waals surface area (Å²) in [4.78, 5) is 12.2. The van der Waals surface area contributed by atoms with E-state index < -0.39 is 0 Å². The number of aromatic amines is 1. The third kappa shape index (κ3) is 3.19. The fourth-order valence-corrected chi connectivity index (χ4v) is 3.07. The fourth-order valence-electron chi connectivity index (χ4n) is 3.07. The lowest BCUT2D eigenvalue weighted by molar-refractivity contribution is 1.04. The number of H-pyrrole nitrogens is 1. The predicted molar refractivity (Wildman–Crippen MR) is 110 cm³/mol. The first-order valence-corrected chi connectivity index (χ1v) is 8.91. The van der Waals surface area contributed by atoms with Crippen LogP contribution in [0.4, 0.5) is 11.4 Å². The normalized spacial score (nSPS) is 10.9. The minimum atomic E-state index is 0.718. The molecule has 5 rings (SSSR count). The van der Waals surface area contributed by atoms with Crippen LogP contribution in [0.15, 0.2) is 85.2 Å². The molecule has 0 aliphatic heterocycles. The smallest absolute Gasteiger partial charge is 0.178 e. The third-order valence-electron chi connectivity index (χ3n) is 4.44. The van der Waals surface area contributed by atoms with Crippen LogP contribution in [0, 0.1) is 0 Å². The van der Waals surface area contributed by atoms with E-state index in [0.29, 0.717) is 0 Å². The molecule has 0 atom stereocenters. The van der Waals surface area contributed by atoms with Crippen molar-refractivity contribution in [3.05, 3.63) is 85.2 Å². The van der Waals surface area contributed by atoms with Crippen LogP contribution in [0.3, 0.4) is 0 Å². The van der Waals surface area contributed by atoms with Crippen LogP contribution < -0.4 is 5.32 Å². The molecule has 0 bridgehead atoms. The molecule has 5 aromatic rings. The maximum Gasteiger partial charge on any atom is 0.178 e. The summed E-state index contributed by atoms with van der Waals surface area (Å²) in [5.74, 6) is 0.801. The molecule has 6 nitrogen and oxygen atoms in total. The van der Waals surface area contributed by atoms with Gasteiger partial charge in [-0.1, -0.05) is 24.3 Å². The Morgan fingerprint density at radius 3 is 2.46 bits per heavy atom. The molecule has 0 saturated carbocycles. The fraction of sp³-hybridized carbons (Fsp3) is 0. The van der Waals surface area contributed by atoms with E-state index in [1.54, 1.807) is 12.4 Å². The molecule has 3 aromatic heterocycles. The molecule has 0 spiro atoms. The zero-order valence-electron chi connectivity index (χ0n) is 14.9. The number of benzene rings is 2. The second-order valence-electron chi connectivity index (χ2n) is 6.35. The van der Waals surface area contributed by atoms with Gasteiger partial charge in [0.25, 0.3) is 0 Å². The SMILES string of the molecule is c1cc(Nc2ccc(-c3cccnn3)cc2)cc(-c2nc3ncccc3[nH]2)c1. The highest BCUT2D eigenvalue weighted by Crippen LogP contribution is 2.25. The van der Waals surface area contributed by atoms with Crippen molar-refractivity contribution in [1.82, 2.24) is 25.1 Å². The molecule has 28 heavy (non-hydrogen) atoms. The van der Waals surface area contributed by atoms with Gasteiger partial charge < -0.3 is 10.3 Å². The number of rotatable bonds is 4. The van der Waals surface area contributed by atoms with Gasteiger partial charge in [-0.15, -0.1) is 0 Å². The second-order valence-corrected chi connectivity index (χ2v) is 6.35. The number of nitrogens with one attached hydrogen (secondary N) is 2. The predicted octanol–water partition coefficient (Wildman–Crippen LogP) is 4.83. The van der Waals surface area contributed by atoms with Gasteiger partial charge in [-0.25, -0.2) is 9.97 Å². The van der Waals surface area contributed by atoms with Gasteiger partial charge >= 0.3 is 0 Å². The quantitative estimate of drug-likeness (QED) is 0.478. The molecule has 0 radical (unpaired) electrons. The number of hydrogen-bond donors (Lipinski definition) is 2. The summed E-state index contributed by atoms with van der Waals surface area (Å²) < 4.78 is 0. The molecule has 0 amide bonds. The zero-order chi connectivity index (χ0) is 18.8. The van der Waals surface area contributed by atoms with E-state index in [1.165, 1.54) is 0 Å². The van der Waals surface area contributed by atoms with Crippen LogP contribution in [-0.2, 0) is 0 Å². The average Bonchev–Trinajstić information content (AvgIpc) is 3.20. The van der Waals surface area contributed by atoms with E-state index >= 15 is 0 Å². The van der Waals surface area contributed by atoms with Gasteiger partial charge in [0.15, 0.2) is 5.65 Å². The van der Waals surface area contributed by atoms with Gasteiger partial charge in [-0.05, 0) is 48.5 Å². The second kappa shape index (κ2) is 6.92. The lowest BCUT2D eigenvalue weighted by atomic mass is 10.1. The van der Waals surface area contributed by atoms with Crippen molar-refractivity contribution in [2.24, 2.45) is 0 Å². The maximum atomic E-state index is 4.57. The summed E-state index contributed by atoms with van der Waals surface area (Å²) in [6.45, 7) is 0. The largest absolute Gasteiger partial charge is 0.356 e. The highest BCUT2D eigenvalue weighted by Gasteiger charge is 2.07. The molecule has 0 aliphatic rings. The van der Waals surface area contributed by atoms with E-state index in [-0.39, 0.29) is 0 Å². The lowest BCUT2D eigenvalue weighted by Crippen LogP contribution is -1.92. The van der Waals surface area contributed by atoms with Crippen molar-refractivity contribution in [3.8, 4) is 22.6 Å². The Labute approximate surface area is 161 Å². The van der Waals surface area contributed by atoms with Crippen LogP contribution in [-0.4, -0.2) is 25.1 Å². The molecule has 0 aliphatic carbocycles. The number of anilines is 2. The van der Waals surface area contributed by atoms with Gasteiger partial charge in [0.05, 0.1) is 11.2 Å². The Morgan fingerprint density at radius 2 is 1.64 bits per heavy atom.